The fraction of sp³-hybridized carbons (Fsp3) is 0.417. The Morgan fingerprint density at radius 1 is 1.50 bits per heavy atom. The van der Waals surface area contributed by atoms with Crippen molar-refractivity contribution in [1.29, 1.82) is 0 Å². The molecule has 100 valence electrons. The van der Waals surface area contributed by atoms with Crippen LogP contribution in [0.4, 0.5) is 4.39 Å². The molecule has 6 heteroatoms. The Morgan fingerprint density at radius 3 is 2.61 bits per heavy atom. The zero-order valence-electron chi connectivity index (χ0n) is 10.0. The minimum Gasteiger partial charge on any atom is -0.480 e. The molecule has 1 aromatic carbocycles. The highest BCUT2D eigenvalue weighted by Gasteiger charge is 2.28. The molecule has 3 nitrogen and oxygen atoms in total. The summed E-state index contributed by atoms with van der Waals surface area (Å²) in [6, 6.07) is 4.39. The lowest BCUT2D eigenvalue weighted by Gasteiger charge is -2.16. The summed E-state index contributed by atoms with van der Waals surface area (Å²) in [5.74, 6) is -2.21. The summed E-state index contributed by atoms with van der Waals surface area (Å²) in [7, 11) is -1.69. The maximum atomic E-state index is 13.6. The van der Waals surface area contributed by atoms with E-state index >= 15 is 0 Å². The summed E-state index contributed by atoms with van der Waals surface area (Å²) in [5.41, 5.74) is 0.174. The Kier molecular flexibility index (Phi) is 5.28. The van der Waals surface area contributed by atoms with E-state index in [1.54, 1.807) is 19.9 Å². The van der Waals surface area contributed by atoms with Gasteiger partial charge in [0.2, 0.25) is 0 Å². The Balaban J connectivity index is 2.93. The van der Waals surface area contributed by atoms with Gasteiger partial charge in [0.15, 0.2) is 0 Å². The lowest BCUT2D eigenvalue weighted by atomic mass is 10.1. The summed E-state index contributed by atoms with van der Waals surface area (Å²) >= 11 is 5.61. The highest BCUT2D eigenvalue weighted by Crippen LogP contribution is 2.21. The van der Waals surface area contributed by atoms with Gasteiger partial charge in [-0.05, 0) is 12.0 Å². The summed E-state index contributed by atoms with van der Waals surface area (Å²) in [5, 5.41) is 7.94. The van der Waals surface area contributed by atoms with E-state index in [4.69, 9.17) is 16.7 Å². The van der Waals surface area contributed by atoms with Crippen LogP contribution in [0.2, 0.25) is 5.02 Å². The summed E-state index contributed by atoms with van der Waals surface area (Å²) < 4.78 is 25.6. The molecule has 0 aromatic heterocycles. The molecule has 0 spiro atoms. The molecule has 1 N–H and O–H groups in total. The molecule has 0 fully saturated rings. The molecule has 0 aliphatic heterocycles. The first-order valence-corrected chi connectivity index (χ1v) is 7.13. The van der Waals surface area contributed by atoms with Crippen molar-refractivity contribution in [1.82, 2.24) is 0 Å². The summed E-state index contributed by atoms with van der Waals surface area (Å²) in [6.07, 6.45) is 0. The minimum absolute atomic E-state index is 0.0547. The Hall–Kier alpha value is -0.940. The number of benzene rings is 1. The molecule has 0 saturated carbocycles. The van der Waals surface area contributed by atoms with Crippen LogP contribution in [0.25, 0.3) is 0 Å². The second kappa shape index (κ2) is 6.29. The Morgan fingerprint density at radius 2 is 2.11 bits per heavy atom. The van der Waals surface area contributed by atoms with Crippen LogP contribution in [0.3, 0.4) is 0 Å². The van der Waals surface area contributed by atoms with E-state index in [-0.39, 0.29) is 22.3 Å². The van der Waals surface area contributed by atoms with Gasteiger partial charge in [0.25, 0.3) is 0 Å². The molecule has 0 heterocycles. The van der Waals surface area contributed by atoms with Gasteiger partial charge in [-0.15, -0.1) is 0 Å². The van der Waals surface area contributed by atoms with Gasteiger partial charge in [-0.2, -0.15) is 0 Å². The Labute approximate surface area is 112 Å². The van der Waals surface area contributed by atoms with E-state index < -0.39 is 27.8 Å². The monoisotopic (exact) mass is 292 g/mol. The lowest BCUT2D eigenvalue weighted by molar-refractivity contribution is -0.137. The fourth-order valence-corrected chi connectivity index (χ4v) is 3.34. The third kappa shape index (κ3) is 3.53. The normalized spacial score (nSPS) is 14.5. The number of carbonyl (C=O) groups is 1. The van der Waals surface area contributed by atoms with Crippen molar-refractivity contribution in [2.45, 2.75) is 24.9 Å². The highest BCUT2D eigenvalue weighted by atomic mass is 35.5. The average Bonchev–Trinajstić information content (AvgIpc) is 2.23. The predicted molar refractivity (Wildman–Crippen MR) is 69.5 cm³/mol. The number of rotatable bonds is 5. The van der Waals surface area contributed by atoms with Crippen LogP contribution in [0, 0.1) is 11.7 Å². The highest BCUT2D eigenvalue weighted by molar-refractivity contribution is 7.85. The van der Waals surface area contributed by atoms with Crippen molar-refractivity contribution in [2.75, 3.05) is 0 Å². The van der Waals surface area contributed by atoms with E-state index in [9.17, 15) is 13.4 Å². The smallest absolute Gasteiger partial charge is 0.319 e. The van der Waals surface area contributed by atoms with Crippen LogP contribution in [-0.2, 0) is 21.3 Å². The molecular weight excluding hydrogens is 279 g/mol. The van der Waals surface area contributed by atoms with Gasteiger partial charge in [-0.3, -0.25) is 9.00 Å². The molecule has 0 bridgehead atoms. The summed E-state index contributed by atoms with van der Waals surface area (Å²) in [6.45, 7) is 3.34. The van der Waals surface area contributed by atoms with Crippen LogP contribution in [0.15, 0.2) is 18.2 Å². The van der Waals surface area contributed by atoms with Gasteiger partial charge in [0.1, 0.15) is 11.1 Å². The van der Waals surface area contributed by atoms with Gasteiger partial charge >= 0.3 is 5.97 Å². The zero-order valence-corrected chi connectivity index (χ0v) is 11.6. The van der Waals surface area contributed by atoms with Crippen LogP contribution >= 0.6 is 11.6 Å². The van der Waals surface area contributed by atoms with E-state index in [2.05, 4.69) is 0 Å². The van der Waals surface area contributed by atoms with Crippen LogP contribution in [-0.4, -0.2) is 20.5 Å². The SMILES string of the molecule is CC(C)C(C(=O)O)S(=O)Cc1cccc(Cl)c1F. The average molecular weight is 293 g/mol. The standard InChI is InChI=1S/C12H14ClFO3S/c1-7(2)11(12(15)16)18(17)6-8-4-3-5-9(13)10(8)14/h3-5,7,11H,6H2,1-2H3,(H,15,16). The van der Waals surface area contributed by atoms with Gasteiger partial charge in [-0.1, -0.05) is 37.6 Å². The molecule has 0 amide bonds. The van der Waals surface area contributed by atoms with E-state index in [0.29, 0.717) is 0 Å². The molecular formula is C12H14ClFO3S. The molecule has 18 heavy (non-hydrogen) atoms. The second-order valence-electron chi connectivity index (χ2n) is 4.24. The van der Waals surface area contributed by atoms with Crippen LogP contribution in [0.1, 0.15) is 19.4 Å². The molecule has 1 rings (SSSR count). The van der Waals surface area contributed by atoms with E-state index in [0.717, 1.165) is 0 Å². The largest absolute Gasteiger partial charge is 0.480 e. The van der Waals surface area contributed by atoms with Crippen LogP contribution < -0.4 is 0 Å². The molecule has 0 saturated heterocycles. The second-order valence-corrected chi connectivity index (χ2v) is 6.21. The van der Waals surface area contributed by atoms with Crippen molar-refractivity contribution in [3.63, 3.8) is 0 Å². The van der Waals surface area contributed by atoms with Gasteiger partial charge < -0.3 is 5.11 Å². The van der Waals surface area contributed by atoms with Gasteiger partial charge in [0.05, 0.1) is 10.8 Å². The molecule has 2 unspecified atom stereocenters. The van der Waals surface area contributed by atoms with Crippen molar-refractivity contribution in [3.05, 3.63) is 34.6 Å². The number of hydrogen-bond acceptors (Lipinski definition) is 2. The Bertz CT molecular complexity index is 476. The third-order valence-corrected chi connectivity index (χ3v) is 4.66. The molecule has 2 atom stereocenters. The molecule has 0 radical (unpaired) electrons. The first-order valence-electron chi connectivity index (χ1n) is 5.37. The predicted octanol–water partition coefficient (Wildman–Crippen LogP) is 2.84. The summed E-state index contributed by atoms with van der Waals surface area (Å²) in [4.78, 5) is 11.0. The van der Waals surface area contributed by atoms with Crippen molar-refractivity contribution < 1.29 is 18.5 Å². The molecule has 0 aliphatic rings. The van der Waals surface area contributed by atoms with E-state index in [1.807, 2.05) is 0 Å². The number of aliphatic carboxylic acids is 1. The van der Waals surface area contributed by atoms with Crippen molar-refractivity contribution >= 4 is 28.4 Å². The maximum absolute atomic E-state index is 13.6. The molecule has 1 aromatic rings. The first-order chi connectivity index (χ1) is 8.34. The van der Waals surface area contributed by atoms with Gasteiger partial charge in [-0.25, -0.2) is 4.39 Å². The van der Waals surface area contributed by atoms with Crippen molar-refractivity contribution in [3.8, 4) is 0 Å². The number of hydrogen-bond donors (Lipinski definition) is 1. The zero-order chi connectivity index (χ0) is 13.9. The minimum atomic E-state index is -1.69. The third-order valence-electron chi connectivity index (χ3n) is 2.46. The fourth-order valence-electron chi connectivity index (χ4n) is 1.60. The number of carboxylic acid groups (broad SMARTS) is 1. The lowest BCUT2D eigenvalue weighted by Crippen LogP contribution is -2.31. The molecule has 0 aliphatic carbocycles. The quantitative estimate of drug-likeness (QED) is 0.908. The van der Waals surface area contributed by atoms with Gasteiger partial charge in [0, 0.05) is 16.4 Å². The maximum Gasteiger partial charge on any atom is 0.319 e. The topological polar surface area (TPSA) is 54.4 Å². The van der Waals surface area contributed by atoms with Crippen LogP contribution in [0.5, 0.6) is 0 Å². The van der Waals surface area contributed by atoms with Crippen molar-refractivity contribution in [2.24, 2.45) is 5.92 Å². The van der Waals surface area contributed by atoms with E-state index in [1.165, 1.54) is 12.1 Å². The first kappa shape index (κ1) is 15.1. The number of carboxylic acids is 1. The number of halogens is 2.